The lowest BCUT2D eigenvalue weighted by molar-refractivity contribution is 0.0948. The highest BCUT2D eigenvalue weighted by Crippen LogP contribution is 2.31. The minimum atomic E-state index is -2.85. The highest BCUT2D eigenvalue weighted by Gasteiger charge is 2.22. The number of aromatic nitrogens is 2. The molecule has 1 heterocycles. The predicted octanol–water partition coefficient (Wildman–Crippen LogP) is 5.21. The molecule has 28 heavy (non-hydrogen) atoms. The van der Waals surface area contributed by atoms with Gasteiger partial charge in [0.05, 0.1) is 16.3 Å². The summed E-state index contributed by atoms with van der Waals surface area (Å²) < 4.78 is 32.7. The number of anilines is 1. The maximum atomic E-state index is 12.9. The van der Waals surface area contributed by atoms with Gasteiger partial charge in [0.25, 0.3) is 12.3 Å². The van der Waals surface area contributed by atoms with E-state index in [4.69, 9.17) is 27.9 Å². The summed E-state index contributed by atoms with van der Waals surface area (Å²) in [5.74, 6) is 0.223. The third-order valence-corrected chi connectivity index (χ3v) is 4.14. The number of hydrogen-bond donors (Lipinski definition) is 2. The number of benzene rings is 2. The SMILES string of the molecule is Cn1cc(C(=O)NNc2ccc(Oc3ccc(Cl)cc3Cl)cc2)c(C(F)F)n1. The van der Waals surface area contributed by atoms with Crippen molar-refractivity contribution < 1.29 is 18.3 Å². The number of carbonyl (C=O) groups is 1. The van der Waals surface area contributed by atoms with Crippen molar-refractivity contribution in [1.29, 1.82) is 0 Å². The summed E-state index contributed by atoms with van der Waals surface area (Å²) in [6.45, 7) is 0. The standard InChI is InChI=1S/C18H14Cl2F2N4O2/c1-26-9-13(16(25-26)17(21)22)18(27)24-23-11-3-5-12(6-4-11)28-15-7-2-10(19)8-14(15)20/h2-9,17,23H,1H3,(H,24,27). The van der Waals surface area contributed by atoms with E-state index in [2.05, 4.69) is 16.0 Å². The van der Waals surface area contributed by atoms with E-state index in [1.54, 1.807) is 42.5 Å². The molecule has 0 spiro atoms. The zero-order valence-electron chi connectivity index (χ0n) is 14.4. The first-order valence-electron chi connectivity index (χ1n) is 7.94. The summed E-state index contributed by atoms with van der Waals surface area (Å²) in [6, 6.07) is 11.4. The summed E-state index contributed by atoms with van der Waals surface area (Å²) >= 11 is 11.9. The molecule has 10 heteroatoms. The maximum absolute atomic E-state index is 12.9. The molecule has 0 aliphatic carbocycles. The summed E-state index contributed by atoms with van der Waals surface area (Å²) in [7, 11) is 1.46. The van der Waals surface area contributed by atoms with E-state index in [1.807, 2.05) is 0 Å². The largest absolute Gasteiger partial charge is 0.456 e. The van der Waals surface area contributed by atoms with Crippen LogP contribution in [0.25, 0.3) is 0 Å². The molecule has 0 bridgehead atoms. The van der Waals surface area contributed by atoms with Gasteiger partial charge in [-0.2, -0.15) is 5.10 Å². The molecular formula is C18H14Cl2F2N4O2. The van der Waals surface area contributed by atoms with Crippen LogP contribution in [0.5, 0.6) is 11.5 Å². The Morgan fingerprint density at radius 1 is 1.18 bits per heavy atom. The van der Waals surface area contributed by atoms with Gasteiger partial charge in [0, 0.05) is 18.3 Å². The summed E-state index contributed by atoms with van der Waals surface area (Å²) in [4.78, 5) is 12.1. The molecule has 2 N–H and O–H groups in total. The van der Waals surface area contributed by atoms with Crippen molar-refractivity contribution >= 4 is 34.8 Å². The Labute approximate surface area is 169 Å². The molecule has 1 amide bonds. The lowest BCUT2D eigenvalue weighted by atomic mass is 10.2. The molecule has 1 aromatic heterocycles. The first kappa shape index (κ1) is 19.9. The number of ether oxygens (including phenoxy) is 1. The minimum absolute atomic E-state index is 0.206. The Bertz CT molecular complexity index is 994. The molecule has 3 aromatic rings. The Morgan fingerprint density at radius 3 is 2.54 bits per heavy atom. The highest BCUT2D eigenvalue weighted by atomic mass is 35.5. The predicted molar refractivity (Wildman–Crippen MR) is 102 cm³/mol. The Balaban J connectivity index is 1.62. The molecule has 0 saturated carbocycles. The maximum Gasteiger partial charge on any atom is 0.282 e. The molecule has 0 fully saturated rings. The molecule has 6 nitrogen and oxygen atoms in total. The van der Waals surface area contributed by atoms with Gasteiger partial charge in [0.1, 0.15) is 17.2 Å². The zero-order chi connectivity index (χ0) is 20.3. The average Bonchev–Trinajstić information content (AvgIpc) is 3.05. The first-order chi connectivity index (χ1) is 13.3. The number of nitrogens with one attached hydrogen (secondary N) is 2. The minimum Gasteiger partial charge on any atom is -0.456 e. The number of alkyl halides is 2. The van der Waals surface area contributed by atoms with Crippen LogP contribution in [-0.2, 0) is 7.05 Å². The number of rotatable bonds is 6. The monoisotopic (exact) mass is 426 g/mol. The second-order valence-electron chi connectivity index (χ2n) is 5.68. The lowest BCUT2D eigenvalue weighted by Crippen LogP contribution is -2.29. The van der Waals surface area contributed by atoms with Crippen LogP contribution >= 0.6 is 23.2 Å². The van der Waals surface area contributed by atoms with Crippen molar-refractivity contribution in [1.82, 2.24) is 15.2 Å². The molecule has 0 saturated heterocycles. The Hall–Kier alpha value is -2.84. The Kier molecular flexibility index (Phi) is 6.01. The fraction of sp³-hybridized carbons (Fsp3) is 0.111. The molecular weight excluding hydrogens is 413 g/mol. The van der Waals surface area contributed by atoms with Gasteiger partial charge in [0.2, 0.25) is 0 Å². The van der Waals surface area contributed by atoms with Crippen LogP contribution in [0.2, 0.25) is 10.0 Å². The molecule has 146 valence electrons. The third kappa shape index (κ3) is 4.71. The fourth-order valence-electron chi connectivity index (χ4n) is 2.33. The molecule has 2 aromatic carbocycles. The van der Waals surface area contributed by atoms with Gasteiger partial charge in [-0.05, 0) is 42.5 Å². The summed E-state index contributed by atoms with van der Waals surface area (Å²) in [5.41, 5.74) is 4.74. The summed E-state index contributed by atoms with van der Waals surface area (Å²) in [5, 5.41) is 4.46. The number of hydrazine groups is 1. The van der Waals surface area contributed by atoms with Gasteiger partial charge < -0.3 is 4.74 Å². The summed E-state index contributed by atoms with van der Waals surface area (Å²) in [6.07, 6.45) is -1.62. The van der Waals surface area contributed by atoms with Crippen molar-refractivity contribution in [3.63, 3.8) is 0 Å². The van der Waals surface area contributed by atoms with Crippen molar-refractivity contribution in [3.8, 4) is 11.5 Å². The molecule has 0 radical (unpaired) electrons. The smallest absolute Gasteiger partial charge is 0.282 e. The van der Waals surface area contributed by atoms with E-state index >= 15 is 0 Å². The molecule has 0 aliphatic rings. The molecule has 0 aliphatic heterocycles. The van der Waals surface area contributed by atoms with Crippen LogP contribution in [-0.4, -0.2) is 15.7 Å². The second kappa shape index (κ2) is 8.45. The van der Waals surface area contributed by atoms with E-state index < -0.39 is 18.0 Å². The number of aryl methyl sites for hydroxylation is 1. The van der Waals surface area contributed by atoms with Gasteiger partial charge in [-0.15, -0.1) is 0 Å². The van der Waals surface area contributed by atoms with Crippen LogP contribution in [0, 0.1) is 0 Å². The van der Waals surface area contributed by atoms with Crippen molar-refractivity contribution in [3.05, 3.63) is 70.0 Å². The molecule has 0 atom stereocenters. The van der Waals surface area contributed by atoms with Gasteiger partial charge in [-0.1, -0.05) is 23.2 Å². The highest BCUT2D eigenvalue weighted by molar-refractivity contribution is 6.35. The quantitative estimate of drug-likeness (QED) is 0.530. The first-order valence-corrected chi connectivity index (χ1v) is 8.70. The molecule has 3 rings (SSSR count). The average molecular weight is 427 g/mol. The normalized spacial score (nSPS) is 10.8. The lowest BCUT2D eigenvalue weighted by Gasteiger charge is -2.11. The van der Waals surface area contributed by atoms with E-state index in [0.717, 1.165) is 4.68 Å². The van der Waals surface area contributed by atoms with E-state index in [0.29, 0.717) is 27.2 Å². The number of halogens is 4. The second-order valence-corrected chi connectivity index (χ2v) is 6.53. The number of nitrogens with zero attached hydrogens (tertiary/aromatic N) is 2. The molecule has 0 unspecified atom stereocenters. The van der Waals surface area contributed by atoms with Crippen LogP contribution in [0.3, 0.4) is 0 Å². The van der Waals surface area contributed by atoms with Crippen LogP contribution in [0.4, 0.5) is 14.5 Å². The number of carbonyl (C=O) groups excluding carboxylic acids is 1. The van der Waals surface area contributed by atoms with Gasteiger partial charge in [-0.3, -0.25) is 20.3 Å². The number of amides is 1. The van der Waals surface area contributed by atoms with Crippen LogP contribution < -0.4 is 15.6 Å². The van der Waals surface area contributed by atoms with Crippen LogP contribution in [0.15, 0.2) is 48.7 Å². The van der Waals surface area contributed by atoms with Crippen LogP contribution in [0.1, 0.15) is 22.5 Å². The number of hydrogen-bond acceptors (Lipinski definition) is 4. The topological polar surface area (TPSA) is 68.2 Å². The fourth-order valence-corrected chi connectivity index (χ4v) is 2.78. The third-order valence-electron chi connectivity index (χ3n) is 3.61. The zero-order valence-corrected chi connectivity index (χ0v) is 15.9. The Morgan fingerprint density at radius 2 is 1.89 bits per heavy atom. The van der Waals surface area contributed by atoms with Gasteiger partial charge in [-0.25, -0.2) is 8.78 Å². The van der Waals surface area contributed by atoms with Gasteiger partial charge >= 0.3 is 0 Å². The van der Waals surface area contributed by atoms with Gasteiger partial charge in [0.15, 0.2) is 0 Å². The van der Waals surface area contributed by atoms with E-state index in [-0.39, 0.29) is 5.56 Å². The van der Waals surface area contributed by atoms with Crippen molar-refractivity contribution in [2.24, 2.45) is 7.05 Å². The van der Waals surface area contributed by atoms with Crippen molar-refractivity contribution in [2.45, 2.75) is 6.43 Å². The van der Waals surface area contributed by atoms with E-state index in [1.165, 1.54) is 13.2 Å². The van der Waals surface area contributed by atoms with Crippen molar-refractivity contribution in [2.75, 3.05) is 5.43 Å². The van der Waals surface area contributed by atoms with E-state index in [9.17, 15) is 13.6 Å².